The Morgan fingerprint density at radius 3 is 2.63 bits per heavy atom. The minimum atomic E-state index is -0.124. The molecule has 0 saturated carbocycles. The zero-order valence-electron chi connectivity index (χ0n) is 15.1. The molecule has 0 aliphatic heterocycles. The molecule has 0 aliphatic carbocycles. The lowest BCUT2D eigenvalue weighted by atomic mass is 10.0. The van der Waals surface area contributed by atoms with Gasteiger partial charge in [0.05, 0.1) is 5.75 Å². The Labute approximate surface area is 167 Å². The van der Waals surface area contributed by atoms with E-state index in [1.54, 1.807) is 6.07 Å². The molecule has 0 saturated heterocycles. The molecule has 1 heterocycles. The number of benzene rings is 2. The normalized spacial score (nSPS) is 11.0. The van der Waals surface area contributed by atoms with E-state index < -0.39 is 0 Å². The highest BCUT2D eigenvalue weighted by atomic mass is 35.5. The van der Waals surface area contributed by atoms with Gasteiger partial charge in [0.15, 0.2) is 0 Å². The summed E-state index contributed by atoms with van der Waals surface area (Å²) in [6, 6.07) is 15.5. The summed E-state index contributed by atoms with van der Waals surface area (Å²) in [5.74, 6) is 1.06. The number of nitrogens with zero attached hydrogens (tertiary/aromatic N) is 2. The molecule has 7 heteroatoms. The van der Waals surface area contributed by atoms with E-state index in [1.807, 2.05) is 30.3 Å². The molecule has 0 aliphatic rings. The second-order valence-electron chi connectivity index (χ2n) is 6.32. The van der Waals surface area contributed by atoms with E-state index >= 15 is 0 Å². The van der Waals surface area contributed by atoms with E-state index in [1.165, 1.54) is 17.3 Å². The molecule has 0 spiro atoms. The molecule has 3 rings (SSSR count). The average Bonchev–Trinajstić information content (AvgIpc) is 3.15. The number of aromatic nitrogens is 2. The van der Waals surface area contributed by atoms with E-state index in [0.717, 1.165) is 11.1 Å². The lowest BCUT2D eigenvalue weighted by molar-refractivity contribution is -0.118. The topological polar surface area (TPSA) is 68.0 Å². The van der Waals surface area contributed by atoms with Gasteiger partial charge in [0, 0.05) is 17.1 Å². The first-order valence-electron chi connectivity index (χ1n) is 8.60. The van der Waals surface area contributed by atoms with E-state index in [4.69, 9.17) is 16.1 Å². The predicted octanol–water partition coefficient (Wildman–Crippen LogP) is 4.92. The summed E-state index contributed by atoms with van der Waals surface area (Å²) in [6.45, 7) is 4.68. The molecular formula is C20H20ClN3O2S. The van der Waals surface area contributed by atoms with Crippen molar-refractivity contribution in [1.29, 1.82) is 0 Å². The summed E-state index contributed by atoms with van der Waals surface area (Å²) in [5, 5.41) is 7.82. The summed E-state index contributed by atoms with van der Waals surface area (Å²) in [4.78, 5) is 16.4. The van der Waals surface area contributed by atoms with Crippen LogP contribution in [0, 0.1) is 0 Å². The standard InChI is InChI=1S/C20H20ClN3O2S/c1-13(2)14-7-9-15(10-8-14)19-23-20(26-24-19)27-12-18(25)22-11-16-5-3-4-6-17(16)21/h3-10,13H,11-12H2,1-2H3,(H,22,25). The van der Waals surface area contributed by atoms with Crippen molar-refractivity contribution >= 4 is 29.3 Å². The van der Waals surface area contributed by atoms with Crippen LogP contribution in [0.5, 0.6) is 0 Å². The highest BCUT2D eigenvalue weighted by Crippen LogP contribution is 2.23. The van der Waals surface area contributed by atoms with E-state index in [-0.39, 0.29) is 11.7 Å². The van der Waals surface area contributed by atoms with E-state index in [9.17, 15) is 4.79 Å². The fourth-order valence-electron chi connectivity index (χ4n) is 2.42. The Balaban J connectivity index is 1.52. The van der Waals surface area contributed by atoms with Crippen LogP contribution in [0.3, 0.4) is 0 Å². The summed E-state index contributed by atoms with van der Waals surface area (Å²) in [6.07, 6.45) is 0. The monoisotopic (exact) mass is 401 g/mol. The molecule has 1 amide bonds. The molecule has 3 aromatic rings. The zero-order valence-corrected chi connectivity index (χ0v) is 16.7. The number of thioether (sulfide) groups is 1. The van der Waals surface area contributed by atoms with Crippen LogP contribution in [0.4, 0.5) is 0 Å². The van der Waals surface area contributed by atoms with E-state index in [0.29, 0.717) is 28.5 Å². The SMILES string of the molecule is CC(C)c1ccc(-c2noc(SCC(=O)NCc3ccccc3Cl)n2)cc1. The minimum Gasteiger partial charge on any atom is -0.351 e. The van der Waals surface area contributed by atoms with Gasteiger partial charge in [-0.1, -0.05) is 84.8 Å². The van der Waals surface area contributed by atoms with Gasteiger partial charge in [-0.05, 0) is 23.1 Å². The fourth-order valence-corrected chi connectivity index (χ4v) is 3.22. The van der Waals surface area contributed by atoms with Crippen molar-refractivity contribution in [2.24, 2.45) is 0 Å². The van der Waals surface area contributed by atoms with Gasteiger partial charge in [-0.25, -0.2) is 0 Å². The third-order valence-corrected chi connectivity index (χ3v) is 5.19. The van der Waals surface area contributed by atoms with Crippen molar-refractivity contribution in [3.8, 4) is 11.4 Å². The first-order chi connectivity index (χ1) is 13.0. The Hall–Kier alpha value is -2.31. The van der Waals surface area contributed by atoms with Crippen LogP contribution in [-0.4, -0.2) is 21.8 Å². The first-order valence-corrected chi connectivity index (χ1v) is 9.96. The van der Waals surface area contributed by atoms with Gasteiger partial charge in [0.25, 0.3) is 5.22 Å². The van der Waals surface area contributed by atoms with Crippen LogP contribution >= 0.6 is 23.4 Å². The van der Waals surface area contributed by atoms with E-state index in [2.05, 4.69) is 41.4 Å². The maximum absolute atomic E-state index is 12.0. The van der Waals surface area contributed by atoms with Crippen LogP contribution in [-0.2, 0) is 11.3 Å². The van der Waals surface area contributed by atoms with Crippen molar-refractivity contribution in [3.05, 3.63) is 64.7 Å². The Bertz CT molecular complexity index is 910. The lowest BCUT2D eigenvalue weighted by Gasteiger charge is -2.05. The molecule has 0 radical (unpaired) electrons. The van der Waals surface area contributed by atoms with Crippen molar-refractivity contribution in [3.63, 3.8) is 0 Å². The van der Waals surface area contributed by atoms with Gasteiger partial charge in [0.1, 0.15) is 0 Å². The molecule has 0 fully saturated rings. The lowest BCUT2D eigenvalue weighted by Crippen LogP contribution is -2.24. The quantitative estimate of drug-likeness (QED) is 0.569. The van der Waals surface area contributed by atoms with Crippen molar-refractivity contribution in [2.75, 3.05) is 5.75 Å². The first kappa shape index (κ1) is 19.5. The smallest absolute Gasteiger partial charge is 0.286 e. The molecule has 0 bridgehead atoms. The second kappa shape index (κ2) is 9.06. The number of carbonyl (C=O) groups is 1. The van der Waals surface area contributed by atoms with Gasteiger partial charge in [-0.15, -0.1) is 0 Å². The van der Waals surface area contributed by atoms with Gasteiger partial charge < -0.3 is 9.84 Å². The number of rotatable bonds is 7. The molecular weight excluding hydrogens is 382 g/mol. The van der Waals surface area contributed by atoms with Crippen LogP contribution in [0.15, 0.2) is 58.3 Å². The number of halogens is 1. The van der Waals surface area contributed by atoms with Gasteiger partial charge >= 0.3 is 0 Å². The molecule has 1 aromatic heterocycles. The summed E-state index contributed by atoms with van der Waals surface area (Å²) < 4.78 is 5.23. The molecule has 0 unspecified atom stereocenters. The summed E-state index contributed by atoms with van der Waals surface area (Å²) in [7, 11) is 0. The second-order valence-corrected chi connectivity index (χ2v) is 7.65. The number of hydrogen-bond donors (Lipinski definition) is 1. The molecule has 1 N–H and O–H groups in total. The molecule has 0 atom stereocenters. The number of amides is 1. The highest BCUT2D eigenvalue weighted by Gasteiger charge is 2.12. The summed E-state index contributed by atoms with van der Waals surface area (Å²) in [5.41, 5.74) is 3.02. The highest BCUT2D eigenvalue weighted by molar-refractivity contribution is 7.99. The van der Waals surface area contributed by atoms with Gasteiger partial charge in [-0.2, -0.15) is 4.98 Å². The Morgan fingerprint density at radius 2 is 1.93 bits per heavy atom. The van der Waals surface area contributed by atoms with Crippen LogP contribution < -0.4 is 5.32 Å². The maximum Gasteiger partial charge on any atom is 0.286 e. The third-order valence-electron chi connectivity index (χ3n) is 4.00. The zero-order chi connectivity index (χ0) is 19.2. The average molecular weight is 402 g/mol. The molecule has 140 valence electrons. The predicted molar refractivity (Wildman–Crippen MR) is 108 cm³/mol. The molecule has 2 aromatic carbocycles. The van der Waals surface area contributed by atoms with Gasteiger partial charge in [-0.3, -0.25) is 4.79 Å². The number of nitrogens with one attached hydrogen (secondary N) is 1. The van der Waals surface area contributed by atoms with Crippen LogP contribution in [0.1, 0.15) is 30.9 Å². The Morgan fingerprint density at radius 1 is 1.19 bits per heavy atom. The molecule has 27 heavy (non-hydrogen) atoms. The minimum absolute atomic E-state index is 0.124. The van der Waals surface area contributed by atoms with Gasteiger partial charge in [0.2, 0.25) is 11.7 Å². The van der Waals surface area contributed by atoms with Crippen LogP contribution in [0.2, 0.25) is 5.02 Å². The van der Waals surface area contributed by atoms with Crippen molar-refractivity contribution in [1.82, 2.24) is 15.5 Å². The maximum atomic E-state index is 12.0. The summed E-state index contributed by atoms with van der Waals surface area (Å²) >= 11 is 7.28. The number of carbonyl (C=O) groups excluding carboxylic acids is 1. The Kier molecular flexibility index (Phi) is 6.53. The molecule has 5 nitrogen and oxygen atoms in total. The van der Waals surface area contributed by atoms with Crippen LogP contribution in [0.25, 0.3) is 11.4 Å². The van der Waals surface area contributed by atoms with Crippen molar-refractivity contribution in [2.45, 2.75) is 31.5 Å². The fraction of sp³-hybridized carbons (Fsp3) is 0.250. The largest absolute Gasteiger partial charge is 0.351 e. The third kappa shape index (κ3) is 5.34. The number of hydrogen-bond acceptors (Lipinski definition) is 5. The van der Waals surface area contributed by atoms with Crippen molar-refractivity contribution < 1.29 is 9.32 Å².